The van der Waals surface area contributed by atoms with Crippen molar-refractivity contribution >= 4 is 68.0 Å². The van der Waals surface area contributed by atoms with E-state index in [-0.39, 0.29) is 72.2 Å². The lowest BCUT2D eigenvalue weighted by molar-refractivity contribution is -0.192. The third-order valence-electron chi connectivity index (χ3n) is 7.72. The Hall–Kier alpha value is -4.11. The highest BCUT2D eigenvalue weighted by Crippen LogP contribution is 2.30. The molecule has 280 valence electrons. The summed E-state index contributed by atoms with van der Waals surface area (Å²) in [5.74, 6) is -6.36. The molecular formula is C30H34ClF5N6O7S2. The number of methoxy groups -OCH3 is 1. The summed E-state index contributed by atoms with van der Waals surface area (Å²) in [5, 5.41) is 22.6. The van der Waals surface area contributed by atoms with Crippen molar-refractivity contribution in [2.24, 2.45) is 7.05 Å². The molecule has 0 unspecified atom stereocenters. The standard InChI is InChI=1S/C28H29ClF2N6O5.C2HF3O2.2H2S/c1-35-21(18-5-6-22(42-2)24(31)23(18)30)14-33-25(35)26(39)34-15-3-4-17(19(29)11-15)27(40)36-7-9-37(10-8-36)28(41)20-12-16(38)13-32-20;3-2(4,5)1(6)7;;/h3-6,11,14,16,20,32,38H,7-10,12-13H2,1-2H3,(H,34,39);(H,6,7);2*1H2/t16-,20-;;;/m0.../s1. The Morgan fingerprint density at radius 1 is 1.02 bits per heavy atom. The molecule has 2 aliphatic heterocycles. The molecule has 2 aromatic carbocycles. The van der Waals surface area contributed by atoms with Crippen LogP contribution in [0, 0.1) is 11.6 Å². The third kappa shape index (κ3) is 10.0. The highest BCUT2D eigenvalue weighted by Gasteiger charge is 2.38. The number of hydrogen-bond acceptors (Lipinski definition) is 8. The van der Waals surface area contributed by atoms with Crippen LogP contribution in [0.2, 0.25) is 5.02 Å². The van der Waals surface area contributed by atoms with Gasteiger partial charge in [-0.2, -0.15) is 44.6 Å². The van der Waals surface area contributed by atoms with E-state index in [1.54, 1.807) is 9.80 Å². The molecule has 0 aliphatic carbocycles. The van der Waals surface area contributed by atoms with Crippen LogP contribution < -0.4 is 15.4 Å². The van der Waals surface area contributed by atoms with Gasteiger partial charge in [0.15, 0.2) is 17.4 Å². The van der Waals surface area contributed by atoms with Gasteiger partial charge < -0.3 is 40.0 Å². The van der Waals surface area contributed by atoms with Crippen molar-refractivity contribution < 1.29 is 56.1 Å². The summed E-state index contributed by atoms with van der Waals surface area (Å²) in [4.78, 5) is 55.0. The van der Waals surface area contributed by atoms with Crippen LogP contribution in [0.1, 0.15) is 27.4 Å². The number of carbonyl (C=O) groups excluding carboxylic acids is 3. The average Bonchev–Trinajstić information content (AvgIpc) is 3.67. The fourth-order valence-corrected chi connectivity index (χ4v) is 5.40. The maximum absolute atomic E-state index is 14.6. The Labute approximate surface area is 306 Å². The predicted octanol–water partition coefficient (Wildman–Crippen LogP) is 3.15. The number of carboxylic acids is 1. The minimum absolute atomic E-state index is 0. The van der Waals surface area contributed by atoms with E-state index in [1.165, 1.54) is 55.3 Å². The first-order valence-electron chi connectivity index (χ1n) is 14.5. The third-order valence-corrected chi connectivity index (χ3v) is 8.03. The van der Waals surface area contributed by atoms with Gasteiger partial charge in [-0.25, -0.2) is 14.2 Å². The number of aliphatic carboxylic acids is 1. The molecule has 2 atom stereocenters. The van der Waals surface area contributed by atoms with Gasteiger partial charge in [0.05, 0.1) is 41.7 Å². The van der Waals surface area contributed by atoms with Crippen LogP contribution in [-0.4, -0.2) is 111 Å². The van der Waals surface area contributed by atoms with E-state index in [0.717, 1.165) is 0 Å². The number of alkyl halides is 3. The quantitative estimate of drug-likeness (QED) is 0.275. The molecule has 0 bridgehead atoms. The Morgan fingerprint density at radius 3 is 2.16 bits per heavy atom. The zero-order valence-corrected chi connectivity index (χ0v) is 29.6. The molecular weight excluding hydrogens is 751 g/mol. The number of nitrogens with one attached hydrogen (secondary N) is 2. The number of nitrogens with zero attached hydrogens (tertiary/aromatic N) is 4. The summed E-state index contributed by atoms with van der Waals surface area (Å²) in [6.45, 7) is 1.77. The van der Waals surface area contributed by atoms with Crippen LogP contribution in [0.5, 0.6) is 5.75 Å². The van der Waals surface area contributed by atoms with E-state index in [2.05, 4.69) is 15.6 Å². The normalized spacial score (nSPS) is 17.0. The number of carboxylic acid groups (broad SMARTS) is 1. The molecule has 4 N–H and O–H groups in total. The van der Waals surface area contributed by atoms with Crippen molar-refractivity contribution in [2.75, 3.05) is 45.2 Å². The molecule has 0 saturated carbocycles. The molecule has 2 fully saturated rings. The van der Waals surface area contributed by atoms with E-state index in [4.69, 9.17) is 26.2 Å². The number of halogens is 6. The summed E-state index contributed by atoms with van der Waals surface area (Å²) in [6.07, 6.45) is -3.98. The molecule has 3 aromatic rings. The lowest BCUT2D eigenvalue weighted by Crippen LogP contribution is -2.54. The zero-order chi connectivity index (χ0) is 36.2. The Bertz CT molecular complexity index is 1760. The second-order valence-electron chi connectivity index (χ2n) is 10.9. The number of ether oxygens (including phenoxy) is 1. The molecule has 2 saturated heterocycles. The van der Waals surface area contributed by atoms with Crippen molar-refractivity contribution in [2.45, 2.75) is 24.7 Å². The van der Waals surface area contributed by atoms with Gasteiger partial charge in [-0.15, -0.1) is 0 Å². The highest BCUT2D eigenvalue weighted by molar-refractivity contribution is 7.59. The van der Waals surface area contributed by atoms with Crippen molar-refractivity contribution in [1.82, 2.24) is 24.7 Å². The number of carbonyl (C=O) groups is 4. The monoisotopic (exact) mass is 784 g/mol. The van der Waals surface area contributed by atoms with E-state index >= 15 is 0 Å². The smallest absolute Gasteiger partial charge is 0.490 e. The number of aromatic nitrogens is 2. The van der Waals surface area contributed by atoms with Crippen molar-refractivity contribution in [3.05, 3.63) is 64.6 Å². The van der Waals surface area contributed by atoms with Gasteiger partial charge >= 0.3 is 12.1 Å². The maximum Gasteiger partial charge on any atom is 0.490 e. The number of benzene rings is 2. The number of anilines is 1. The topological polar surface area (TPSA) is 166 Å². The molecule has 1 aromatic heterocycles. The summed E-state index contributed by atoms with van der Waals surface area (Å²) < 4.78 is 66.7. The number of imidazole rings is 1. The minimum atomic E-state index is -5.08. The van der Waals surface area contributed by atoms with Crippen molar-refractivity contribution in [3.63, 3.8) is 0 Å². The summed E-state index contributed by atoms with van der Waals surface area (Å²) >= 11 is 6.42. The molecule has 0 radical (unpaired) electrons. The van der Waals surface area contributed by atoms with E-state index in [0.29, 0.717) is 44.8 Å². The number of aliphatic hydroxyl groups excluding tert-OH is 1. The molecule has 2 aliphatic rings. The molecule has 13 nitrogen and oxygen atoms in total. The Balaban J connectivity index is 0.000000910. The van der Waals surface area contributed by atoms with Crippen LogP contribution in [0.25, 0.3) is 11.3 Å². The second kappa shape index (κ2) is 17.9. The largest absolute Gasteiger partial charge is 0.494 e. The second-order valence-corrected chi connectivity index (χ2v) is 11.3. The predicted molar refractivity (Wildman–Crippen MR) is 184 cm³/mol. The molecule has 21 heteroatoms. The summed E-state index contributed by atoms with van der Waals surface area (Å²) in [7, 11) is 2.72. The van der Waals surface area contributed by atoms with E-state index in [1.807, 2.05) is 0 Å². The first-order valence-corrected chi connectivity index (χ1v) is 14.9. The van der Waals surface area contributed by atoms with Crippen molar-refractivity contribution in [3.8, 4) is 17.0 Å². The van der Waals surface area contributed by atoms with Crippen LogP contribution in [-0.2, 0) is 16.6 Å². The van der Waals surface area contributed by atoms with Gasteiger partial charge in [0.25, 0.3) is 11.8 Å². The summed E-state index contributed by atoms with van der Waals surface area (Å²) in [5.41, 5.74) is 0.630. The van der Waals surface area contributed by atoms with Crippen LogP contribution in [0.4, 0.5) is 27.6 Å². The van der Waals surface area contributed by atoms with E-state index in [9.17, 15) is 41.4 Å². The number of hydrogen-bond donors (Lipinski definition) is 4. The SMILES string of the molecule is COc1ccc(-c2cnc(C(=O)Nc3ccc(C(=O)N4CCN(C(=O)[C@@H]5C[C@H](O)CN5)CC4)c(Cl)c3)n2C)c(F)c1F.O=C(O)C(F)(F)F.S.S. The molecule has 3 heterocycles. The zero-order valence-electron chi connectivity index (χ0n) is 26.9. The Kier molecular flexibility index (Phi) is 15.1. The minimum Gasteiger partial charge on any atom is -0.494 e. The van der Waals surface area contributed by atoms with Gasteiger partial charge in [0.1, 0.15) is 0 Å². The molecule has 0 spiro atoms. The fourth-order valence-electron chi connectivity index (χ4n) is 5.14. The lowest BCUT2D eigenvalue weighted by Gasteiger charge is -2.36. The number of piperazine rings is 1. The summed E-state index contributed by atoms with van der Waals surface area (Å²) in [6, 6.07) is 6.67. The van der Waals surface area contributed by atoms with Crippen LogP contribution in [0.15, 0.2) is 36.5 Å². The fraction of sp³-hybridized carbons (Fsp3) is 0.367. The van der Waals surface area contributed by atoms with Gasteiger partial charge in [-0.3, -0.25) is 14.4 Å². The van der Waals surface area contributed by atoms with Gasteiger partial charge in [-0.1, -0.05) is 11.6 Å². The Morgan fingerprint density at radius 2 is 1.63 bits per heavy atom. The first kappa shape index (κ1) is 43.1. The molecule has 3 amide bonds. The van der Waals surface area contributed by atoms with Gasteiger partial charge in [0.2, 0.25) is 11.7 Å². The van der Waals surface area contributed by atoms with Crippen molar-refractivity contribution in [1.29, 1.82) is 0 Å². The molecule has 5 rings (SSSR count). The van der Waals surface area contributed by atoms with Gasteiger partial charge in [0, 0.05) is 51.0 Å². The number of β-amino-alcohol motifs (C(OH)–C–C–N with tert-alkyl or cyclic N) is 1. The maximum atomic E-state index is 14.6. The number of amides is 3. The average molecular weight is 785 g/mol. The van der Waals surface area contributed by atoms with E-state index < -0.39 is 41.8 Å². The van der Waals surface area contributed by atoms with Crippen LogP contribution >= 0.6 is 38.6 Å². The molecule has 51 heavy (non-hydrogen) atoms. The number of aliphatic hydroxyl groups is 1. The van der Waals surface area contributed by atoms with Gasteiger partial charge in [-0.05, 0) is 36.8 Å². The lowest BCUT2D eigenvalue weighted by atomic mass is 10.1. The first-order chi connectivity index (χ1) is 23.0. The number of rotatable bonds is 6. The highest BCUT2D eigenvalue weighted by atomic mass is 35.5. The van der Waals surface area contributed by atoms with Crippen LogP contribution in [0.3, 0.4) is 0 Å².